The molecule has 0 bridgehead atoms. The number of halogens is 1. The lowest BCUT2D eigenvalue weighted by molar-refractivity contribution is -0.119. The Morgan fingerprint density at radius 1 is 1.20 bits per heavy atom. The van der Waals surface area contributed by atoms with E-state index in [-0.39, 0.29) is 17.6 Å². The minimum atomic E-state index is -0.293. The van der Waals surface area contributed by atoms with Crippen molar-refractivity contribution in [2.24, 2.45) is 11.8 Å². The molecule has 0 aliphatic carbocycles. The number of nitrogens with zero attached hydrogens (tertiary/aromatic N) is 3. The highest BCUT2D eigenvalue weighted by Crippen LogP contribution is 2.33. The molecule has 0 radical (unpaired) electrons. The van der Waals surface area contributed by atoms with Crippen molar-refractivity contribution in [1.82, 2.24) is 14.8 Å². The van der Waals surface area contributed by atoms with E-state index in [9.17, 15) is 9.18 Å². The normalized spacial score (nSPS) is 23.6. The minimum absolute atomic E-state index is 0.0115. The minimum Gasteiger partial charge on any atom is -0.326 e. The van der Waals surface area contributed by atoms with Crippen molar-refractivity contribution in [3.63, 3.8) is 0 Å². The van der Waals surface area contributed by atoms with Crippen LogP contribution in [0.5, 0.6) is 0 Å². The number of aryl methyl sites for hydroxylation is 1. The van der Waals surface area contributed by atoms with Crippen LogP contribution in [0.25, 0.3) is 0 Å². The molecule has 3 heterocycles. The SMILES string of the molecule is Cc1cnccc1CN1CCC(C2CC(C(=O)Nc3ccc(F)cc3)CN2C)CC1. The van der Waals surface area contributed by atoms with E-state index in [4.69, 9.17) is 0 Å². The van der Waals surface area contributed by atoms with Gasteiger partial charge in [-0.15, -0.1) is 0 Å². The van der Waals surface area contributed by atoms with Gasteiger partial charge in [-0.05, 0) is 93.7 Å². The molecule has 1 amide bonds. The summed E-state index contributed by atoms with van der Waals surface area (Å²) < 4.78 is 13.1. The van der Waals surface area contributed by atoms with Gasteiger partial charge in [0, 0.05) is 37.2 Å². The highest BCUT2D eigenvalue weighted by molar-refractivity contribution is 5.92. The summed E-state index contributed by atoms with van der Waals surface area (Å²) in [7, 11) is 2.14. The van der Waals surface area contributed by atoms with Crippen LogP contribution in [0.15, 0.2) is 42.7 Å². The number of hydrogen-bond donors (Lipinski definition) is 1. The molecular formula is C24H31FN4O. The number of benzene rings is 1. The zero-order chi connectivity index (χ0) is 21.1. The highest BCUT2D eigenvalue weighted by atomic mass is 19.1. The first kappa shape index (κ1) is 20.9. The van der Waals surface area contributed by atoms with Crippen molar-refractivity contribution in [2.75, 3.05) is 32.0 Å². The summed E-state index contributed by atoms with van der Waals surface area (Å²) in [4.78, 5) is 21.8. The molecule has 5 nitrogen and oxygen atoms in total. The van der Waals surface area contributed by atoms with E-state index in [1.54, 1.807) is 12.1 Å². The molecule has 2 unspecified atom stereocenters. The lowest BCUT2D eigenvalue weighted by Gasteiger charge is -2.37. The van der Waals surface area contributed by atoms with Gasteiger partial charge in [0.15, 0.2) is 0 Å². The van der Waals surface area contributed by atoms with Crippen LogP contribution in [0.1, 0.15) is 30.4 Å². The van der Waals surface area contributed by atoms with Gasteiger partial charge >= 0.3 is 0 Å². The number of aromatic nitrogens is 1. The Balaban J connectivity index is 1.28. The molecular weight excluding hydrogens is 379 g/mol. The van der Waals surface area contributed by atoms with Crippen molar-refractivity contribution in [3.8, 4) is 0 Å². The third kappa shape index (κ3) is 4.87. The van der Waals surface area contributed by atoms with Crippen LogP contribution in [-0.2, 0) is 11.3 Å². The molecule has 2 aliphatic heterocycles. The number of hydrogen-bond acceptors (Lipinski definition) is 4. The molecule has 2 fully saturated rings. The summed E-state index contributed by atoms with van der Waals surface area (Å²) >= 11 is 0. The van der Waals surface area contributed by atoms with Crippen LogP contribution in [0.3, 0.4) is 0 Å². The van der Waals surface area contributed by atoms with Crippen molar-refractivity contribution >= 4 is 11.6 Å². The highest BCUT2D eigenvalue weighted by Gasteiger charge is 2.39. The van der Waals surface area contributed by atoms with E-state index < -0.39 is 0 Å². The fourth-order valence-electron chi connectivity index (χ4n) is 4.97. The van der Waals surface area contributed by atoms with E-state index in [1.165, 1.54) is 36.1 Å². The molecule has 2 atom stereocenters. The number of amides is 1. The molecule has 6 heteroatoms. The van der Waals surface area contributed by atoms with Crippen LogP contribution < -0.4 is 5.32 Å². The van der Waals surface area contributed by atoms with Gasteiger partial charge in [0.1, 0.15) is 5.82 Å². The van der Waals surface area contributed by atoms with E-state index in [0.717, 1.165) is 32.6 Å². The maximum atomic E-state index is 13.1. The Morgan fingerprint density at radius 2 is 1.93 bits per heavy atom. The van der Waals surface area contributed by atoms with Gasteiger partial charge in [0.2, 0.25) is 5.91 Å². The first-order chi connectivity index (χ1) is 14.5. The lowest BCUT2D eigenvalue weighted by atomic mass is 9.86. The predicted molar refractivity (Wildman–Crippen MR) is 117 cm³/mol. The summed E-state index contributed by atoms with van der Waals surface area (Å²) in [5.74, 6) is 0.372. The molecule has 1 N–H and O–H groups in total. The Morgan fingerprint density at radius 3 is 2.63 bits per heavy atom. The Kier molecular flexibility index (Phi) is 6.44. The van der Waals surface area contributed by atoms with Gasteiger partial charge in [0.05, 0.1) is 5.92 Å². The van der Waals surface area contributed by atoms with Gasteiger partial charge in [-0.3, -0.25) is 14.7 Å². The molecule has 30 heavy (non-hydrogen) atoms. The average molecular weight is 411 g/mol. The molecule has 2 aromatic rings. The van der Waals surface area contributed by atoms with Crippen molar-refractivity contribution in [3.05, 3.63) is 59.7 Å². The van der Waals surface area contributed by atoms with Crippen LogP contribution in [0.2, 0.25) is 0 Å². The second kappa shape index (κ2) is 9.23. The molecule has 0 saturated carbocycles. The Labute approximate surface area is 178 Å². The topological polar surface area (TPSA) is 48.5 Å². The number of rotatable bonds is 5. The first-order valence-electron chi connectivity index (χ1n) is 10.9. The Hall–Kier alpha value is -2.31. The predicted octanol–water partition coefficient (Wildman–Crippen LogP) is 3.70. The number of pyridine rings is 1. The van der Waals surface area contributed by atoms with E-state index in [1.807, 2.05) is 12.4 Å². The monoisotopic (exact) mass is 410 g/mol. The molecule has 2 aliphatic rings. The maximum Gasteiger partial charge on any atom is 0.228 e. The molecule has 2 saturated heterocycles. The summed E-state index contributed by atoms with van der Waals surface area (Å²) in [6.45, 7) is 6.10. The molecule has 160 valence electrons. The van der Waals surface area contributed by atoms with Crippen LogP contribution in [-0.4, -0.2) is 53.4 Å². The molecule has 4 rings (SSSR count). The smallest absolute Gasteiger partial charge is 0.228 e. The lowest BCUT2D eigenvalue weighted by Crippen LogP contribution is -2.41. The average Bonchev–Trinajstić information content (AvgIpc) is 3.14. The molecule has 1 aromatic heterocycles. The van der Waals surface area contributed by atoms with Crippen LogP contribution in [0, 0.1) is 24.6 Å². The van der Waals surface area contributed by atoms with Crippen molar-refractivity contribution in [2.45, 2.75) is 38.8 Å². The van der Waals surface area contributed by atoms with Gasteiger partial charge < -0.3 is 10.2 Å². The van der Waals surface area contributed by atoms with Crippen molar-refractivity contribution in [1.29, 1.82) is 0 Å². The zero-order valence-corrected chi connectivity index (χ0v) is 17.9. The number of piperidine rings is 1. The van der Waals surface area contributed by atoms with Gasteiger partial charge in [-0.1, -0.05) is 0 Å². The third-order valence-corrected chi connectivity index (χ3v) is 6.79. The van der Waals surface area contributed by atoms with Gasteiger partial charge in [-0.25, -0.2) is 4.39 Å². The fourth-order valence-corrected chi connectivity index (χ4v) is 4.97. The van der Waals surface area contributed by atoms with Crippen LogP contribution >= 0.6 is 0 Å². The molecule has 0 spiro atoms. The van der Waals surface area contributed by atoms with E-state index in [2.05, 4.69) is 40.1 Å². The number of anilines is 1. The summed E-state index contributed by atoms with van der Waals surface area (Å²) in [5.41, 5.74) is 3.27. The second-order valence-corrected chi connectivity index (χ2v) is 8.85. The summed E-state index contributed by atoms with van der Waals surface area (Å²) in [6, 6.07) is 8.56. The summed E-state index contributed by atoms with van der Waals surface area (Å²) in [6.07, 6.45) is 7.06. The fraction of sp³-hybridized carbons (Fsp3) is 0.500. The number of carbonyl (C=O) groups excluding carboxylic acids is 1. The van der Waals surface area contributed by atoms with Gasteiger partial charge in [0.25, 0.3) is 0 Å². The largest absolute Gasteiger partial charge is 0.326 e. The first-order valence-corrected chi connectivity index (χ1v) is 10.9. The number of nitrogens with one attached hydrogen (secondary N) is 1. The third-order valence-electron chi connectivity index (χ3n) is 6.79. The standard InChI is InChI=1S/C24H31FN4O/c1-17-14-26-10-7-19(17)16-29-11-8-18(9-12-29)23-13-20(15-28(23)2)24(30)27-22-5-3-21(25)4-6-22/h3-7,10,14,18,20,23H,8-9,11-13,15-16H2,1-2H3,(H,27,30). The quantitative estimate of drug-likeness (QED) is 0.817. The Bertz CT molecular complexity index is 864. The summed E-state index contributed by atoms with van der Waals surface area (Å²) in [5, 5.41) is 2.95. The van der Waals surface area contributed by atoms with E-state index in [0.29, 0.717) is 17.6 Å². The maximum absolute atomic E-state index is 13.1. The van der Waals surface area contributed by atoms with Crippen LogP contribution in [0.4, 0.5) is 10.1 Å². The van der Waals surface area contributed by atoms with Gasteiger partial charge in [-0.2, -0.15) is 0 Å². The molecule has 1 aromatic carbocycles. The number of carbonyl (C=O) groups is 1. The number of likely N-dealkylation sites (tertiary alicyclic amines) is 2. The zero-order valence-electron chi connectivity index (χ0n) is 17.9. The van der Waals surface area contributed by atoms with Crippen molar-refractivity contribution < 1.29 is 9.18 Å². The van der Waals surface area contributed by atoms with E-state index >= 15 is 0 Å². The second-order valence-electron chi connectivity index (χ2n) is 8.85.